The Morgan fingerprint density at radius 1 is 1.19 bits per heavy atom. The van der Waals surface area contributed by atoms with E-state index in [1.54, 1.807) is 4.68 Å². The van der Waals surface area contributed by atoms with E-state index >= 15 is 0 Å². The van der Waals surface area contributed by atoms with E-state index in [9.17, 15) is 4.79 Å². The molecular weight excluding hydrogens is 382 g/mol. The maximum atomic E-state index is 12.1. The first-order valence-electron chi connectivity index (χ1n) is 8.23. The first-order chi connectivity index (χ1) is 12.6. The molecule has 0 unspecified atom stereocenters. The van der Waals surface area contributed by atoms with Gasteiger partial charge in [-0.3, -0.25) is 4.79 Å². The van der Waals surface area contributed by atoms with Gasteiger partial charge in [0, 0.05) is 6.54 Å². The summed E-state index contributed by atoms with van der Waals surface area (Å²) in [4.78, 5) is 12.1. The zero-order valence-corrected chi connectivity index (χ0v) is 16.7. The van der Waals surface area contributed by atoms with Crippen molar-refractivity contribution in [3.8, 4) is 5.69 Å². The van der Waals surface area contributed by atoms with Gasteiger partial charge in [0.1, 0.15) is 0 Å². The summed E-state index contributed by atoms with van der Waals surface area (Å²) >= 11 is 8.22. The smallest absolute Gasteiger partial charge is 0.230 e. The Bertz CT molecular complexity index is 907. The van der Waals surface area contributed by atoms with Crippen LogP contribution in [0.3, 0.4) is 0 Å². The van der Waals surface area contributed by atoms with E-state index in [1.807, 2.05) is 48.5 Å². The van der Waals surface area contributed by atoms with Gasteiger partial charge in [-0.15, -0.1) is 5.10 Å². The Balaban J connectivity index is 1.51. The quantitative estimate of drug-likeness (QED) is 0.461. The molecule has 0 spiro atoms. The number of carbonyl (C=O) groups is 1. The summed E-state index contributed by atoms with van der Waals surface area (Å²) in [5, 5.41) is 7.50. The van der Waals surface area contributed by atoms with E-state index in [4.69, 9.17) is 12.2 Å². The number of rotatable bonds is 7. The number of hydrogen-bond acceptors (Lipinski definition) is 5. The number of aromatic nitrogens is 2. The van der Waals surface area contributed by atoms with Gasteiger partial charge in [-0.25, -0.2) is 4.68 Å². The van der Waals surface area contributed by atoms with Crippen molar-refractivity contribution in [2.75, 3.05) is 12.3 Å². The molecular formula is C19H19N3OS3. The molecule has 0 radical (unpaired) electrons. The van der Waals surface area contributed by atoms with Gasteiger partial charge in [-0.05, 0) is 35.8 Å². The summed E-state index contributed by atoms with van der Waals surface area (Å²) in [6, 6.07) is 20.0. The standard InChI is InChI=1S/C19H19N3OS3/c1-14(15-8-4-2-5-9-15)12-20-17(23)13-25-18-21-22(19(24)26-18)16-10-6-3-7-11-16/h2-11,14H,12-13H2,1H3,(H,20,23)/t14-/m1/s1. The fourth-order valence-electron chi connectivity index (χ4n) is 2.40. The summed E-state index contributed by atoms with van der Waals surface area (Å²) in [5.41, 5.74) is 2.15. The Kier molecular flexibility index (Phi) is 6.60. The lowest BCUT2D eigenvalue weighted by Gasteiger charge is -2.12. The second-order valence-electron chi connectivity index (χ2n) is 5.79. The van der Waals surface area contributed by atoms with Crippen molar-refractivity contribution >= 4 is 41.2 Å². The summed E-state index contributed by atoms with van der Waals surface area (Å²) in [5.74, 6) is 0.619. The van der Waals surface area contributed by atoms with Crippen molar-refractivity contribution in [1.82, 2.24) is 15.1 Å². The fourth-order valence-corrected chi connectivity index (χ4v) is 4.59. The lowest BCUT2D eigenvalue weighted by molar-refractivity contribution is -0.118. The first kappa shape index (κ1) is 18.8. The Morgan fingerprint density at radius 2 is 1.85 bits per heavy atom. The van der Waals surface area contributed by atoms with Gasteiger partial charge in [0.25, 0.3) is 0 Å². The van der Waals surface area contributed by atoms with Crippen LogP contribution in [0.15, 0.2) is 65.0 Å². The third kappa shape index (κ3) is 5.03. The third-order valence-electron chi connectivity index (χ3n) is 3.83. The predicted molar refractivity (Wildman–Crippen MR) is 111 cm³/mol. The second-order valence-corrected chi connectivity index (χ2v) is 8.63. The molecule has 3 rings (SSSR count). The van der Waals surface area contributed by atoms with Gasteiger partial charge >= 0.3 is 0 Å². The van der Waals surface area contributed by atoms with Crippen LogP contribution in [0.2, 0.25) is 0 Å². The Labute approximate surface area is 166 Å². The molecule has 134 valence electrons. The monoisotopic (exact) mass is 401 g/mol. The highest BCUT2D eigenvalue weighted by molar-refractivity contribution is 8.01. The molecule has 2 aromatic carbocycles. The van der Waals surface area contributed by atoms with Crippen LogP contribution in [0.25, 0.3) is 5.69 Å². The van der Waals surface area contributed by atoms with Crippen LogP contribution >= 0.6 is 35.3 Å². The molecule has 1 heterocycles. The van der Waals surface area contributed by atoms with Crippen molar-refractivity contribution in [2.45, 2.75) is 17.2 Å². The SMILES string of the molecule is C[C@H](CNC(=O)CSc1nn(-c2ccccc2)c(=S)s1)c1ccccc1. The molecule has 0 aliphatic rings. The minimum atomic E-state index is 0.00478. The van der Waals surface area contributed by atoms with Gasteiger partial charge in [0.2, 0.25) is 5.91 Å². The number of nitrogens with zero attached hydrogens (tertiary/aromatic N) is 2. The molecule has 0 saturated heterocycles. The van der Waals surface area contributed by atoms with Crippen LogP contribution in [0.4, 0.5) is 0 Å². The average Bonchev–Trinajstić information content (AvgIpc) is 3.06. The highest BCUT2D eigenvalue weighted by Crippen LogP contribution is 2.24. The van der Waals surface area contributed by atoms with Gasteiger partial charge in [-0.1, -0.05) is 78.6 Å². The van der Waals surface area contributed by atoms with Crippen molar-refractivity contribution in [3.63, 3.8) is 0 Å². The molecule has 0 bridgehead atoms. The van der Waals surface area contributed by atoms with Crippen LogP contribution in [0, 0.1) is 3.95 Å². The van der Waals surface area contributed by atoms with Crippen molar-refractivity contribution in [2.24, 2.45) is 0 Å². The van der Waals surface area contributed by atoms with Gasteiger partial charge in [0.15, 0.2) is 8.29 Å². The summed E-state index contributed by atoms with van der Waals surface area (Å²) in [6.45, 7) is 2.73. The van der Waals surface area contributed by atoms with E-state index in [1.165, 1.54) is 28.7 Å². The molecule has 7 heteroatoms. The highest BCUT2D eigenvalue weighted by atomic mass is 32.2. The Hall–Kier alpha value is -1.96. The van der Waals surface area contributed by atoms with E-state index in [0.29, 0.717) is 16.3 Å². The van der Waals surface area contributed by atoms with E-state index < -0.39 is 0 Å². The predicted octanol–water partition coefficient (Wildman–Crippen LogP) is 4.68. The number of amides is 1. The van der Waals surface area contributed by atoms with Crippen LogP contribution in [0.5, 0.6) is 0 Å². The van der Waals surface area contributed by atoms with Gasteiger partial charge in [-0.2, -0.15) is 0 Å². The topological polar surface area (TPSA) is 46.9 Å². The molecule has 1 N–H and O–H groups in total. The zero-order chi connectivity index (χ0) is 18.4. The number of thioether (sulfide) groups is 1. The van der Waals surface area contributed by atoms with E-state index in [0.717, 1.165) is 10.0 Å². The maximum absolute atomic E-state index is 12.1. The Morgan fingerprint density at radius 3 is 2.54 bits per heavy atom. The fraction of sp³-hybridized carbons (Fsp3) is 0.211. The summed E-state index contributed by atoms with van der Waals surface area (Å²) in [7, 11) is 0. The van der Waals surface area contributed by atoms with E-state index in [2.05, 4.69) is 29.5 Å². The van der Waals surface area contributed by atoms with Crippen LogP contribution in [0.1, 0.15) is 18.4 Å². The highest BCUT2D eigenvalue weighted by Gasteiger charge is 2.11. The number of hydrogen-bond donors (Lipinski definition) is 1. The zero-order valence-electron chi connectivity index (χ0n) is 14.3. The minimum absolute atomic E-state index is 0.00478. The largest absolute Gasteiger partial charge is 0.355 e. The molecule has 0 aliphatic heterocycles. The molecule has 0 aliphatic carbocycles. The maximum Gasteiger partial charge on any atom is 0.230 e. The van der Waals surface area contributed by atoms with Crippen LogP contribution in [-0.4, -0.2) is 28.0 Å². The first-order valence-corrected chi connectivity index (χ1v) is 10.4. The molecule has 3 aromatic rings. The third-order valence-corrected chi connectivity index (χ3v) is 6.20. The molecule has 1 atom stereocenters. The van der Waals surface area contributed by atoms with Crippen molar-refractivity contribution in [1.29, 1.82) is 0 Å². The lowest BCUT2D eigenvalue weighted by atomic mass is 10.0. The van der Waals surface area contributed by atoms with E-state index in [-0.39, 0.29) is 11.8 Å². The number of nitrogens with one attached hydrogen (secondary N) is 1. The number of para-hydroxylation sites is 1. The van der Waals surface area contributed by atoms with Gasteiger partial charge in [0.05, 0.1) is 11.4 Å². The summed E-state index contributed by atoms with van der Waals surface area (Å²) < 4.78 is 3.21. The second kappa shape index (κ2) is 9.12. The lowest BCUT2D eigenvalue weighted by Crippen LogP contribution is -2.28. The molecule has 0 fully saturated rings. The molecule has 26 heavy (non-hydrogen) atoms. The molecule has 0 saturated carbocycles. The number of benzene rings is 2. The molecule has 1 aromatic heterocycles. The molecule has 1 amide bonds. The minimum Gasteiger partial charge on any atom is -0.355 e. The molecule has 4 nitrogen and oxygen atoms in total. The number of carbonyl (C=O) groups excluding carboxylic acids is 1. The average molecular weight is 402 g/mol. The van der Waals surface area contributed by atoms with Crippen LogP contribution in [-0.2, 0) is 4.79 Å². The summed E-state index contributed by atoms with van der Waals surface area (Å²) in [6.07, 6.45) is 0. The van der Waals surface area contributed by atoms with Crippen molar-refractivity contribution in [3.05, 3.63) is 70.2 Å². The van der Waals surface area contributed by atoms with Crippen LogP contribution < -0.4 is 5.32 Å². The van der Waals surface area contributed by atoms with Crippen molar-refractivity contribution < 1.29 is 4.79 Å². The normalized spacial score (nSPS) is 11.9. The van der Waals surface area contributed by atoms with Gasteiger partial charge < -0.3 is 5.32 Å².